The first kappa shape index (κ1) is 15.2. The highest BCUT2D eigenvalue weighted by Gasteiger charge is 2.45. The number of carbonyl (C=O) groups excluding carboxylic acids is 1. The molecule has 0 aliphatic rings. The molecule has 0 amide bonds. The van der Waals surface area contributed by atoms with Gasteiger partial charge in [0.1, 0.15) is 6.61 Å². The van der Waals surface area contributed by atoms with Crippen molar-refractivity contribution in [2.75, 3.05) is 6.61 Å². The predicted molar refractivity (Wildman–Crippen MR) is 68.2 cm³/mol. The summed E-state index contributed by atoms with van der Waals surface area (Å²) in [6.07, 6.45) is 2.45. The summed E-state index contributed by atoms with van der Waals surface area (Å²) < 4.78 is 5.23. The SMILES string of the molecule is C=CCOC(=O)C(C)(CC(C)C)C(C)(C)C. The molecule has 0 N–H and O–H groups in total. The fourth-order valence-electron chi connectivity index (χ4n) is 1.81. The maximum Gasteiger partial charge on any atom is 0.312 e. The van der Waals surface area contributed by atoms with Gasteiger partial charge in [-0.05, 0) is 24.7 Å². The quantitative estimate of drug-likeness (QED) is 0.526. The van der Waals surface area contributed by atoms with Crippen LogP contribution in [0.4, 0.5) is 0 Å². The molecule has 0 fully saturated rings. The zero-order chi connectivity index (χ0) is 13.0. The van der Waals surface area contributed by atoms with Crippen molar-refractivity contribution in [1.82, 2.24) is 0 Å². The van der Waals surface area contributed by atoms with Gasteiger partial charge in [-0.1, -0.05) is 47.3 Å². The van der Waals surface area contributed by atoms with E-state index in [1.165, 1.54) is 0 Å². The molecule has 0 radical (unpaired) electrons. The Morgan fingerprint density at radius 1 is 1.31 bits per heavy atom. The third kappa shape index (κ3) is 3.66. The lowest BCUT2D eigenvalue weighted by molar-refractivity contribution is -0.162. The minimum Gasteiger partial charge on any atom is -0.461 e. The van der Waals surface area contributed by atoms with Crippen molar-refractivity contribution in [3.63, 3.8) is 0 Å². The van der Waals surface area contributed by atoms with Crippen LogP contribution in [0.5, 0.6) is 0 Å². The molecule has 0 aliphatic carbocycles. The predicted octanol–water partition coefficient (Wildman–Crippen LogP) is 3.81. The monoisotopic (exact) mass is 226 g/mol. The number of esters is 1. The molecule has 0 saturated carbocycles. The van der Waals surface area contributed by atoms with E-state index in [1.807, 2.05) is 6.92 Å². The standard InChI is InChI=1S/C14H26O2/c1-8-9-16-12(15)14(7,10-11(2)3)13(4,5)6/h8,11H,1,9-10H2,2-7H3. The van der Waals surface area contributed by atoms with Crippen LogP contribution in [0.1, 0.15) is 48.0 Å². The molecular formula is C14H26O2. The second-order valence-electron chi connectivity index (χ2n) is 6.07. The van der Waals surface area contributed by atoms with E-state index in [0.29, 0.717) is 12.5 Å². The van der Waals surface area contributed by atoms with Crippen molar-refractivity contribution >= 4 is 5.97 Å². The molecule has 2 nitrogen and oxygen atoms in total. The normalized spacial score (nSPS) is 15.7. The van der Waals surface area contributed by atoms with Crippen molar-refractivity contribution < 1.29 is 9.53 Å². The summed E-state index contributed by atoms with van der Waals surface area (Å²) in [6, 6.07) is 0. The van der Waals surface area contributed by atoms with Gasteiger partial charge in [-0.15, -0.1) is 0 Å². The number of rotatable bonds is 5. The summed E-state index contributed by atoms with van der Waals surface area (Å²) in [5.41, 5.74) is -0.542. The number of carbonyl (C=O) groups is 1. The van der Waals surface area contributed by atoms with Gasteiger partial charge in [0.05, 0.1) is 5.41 Å². The van der Waals surface area contributed by atoms with Crippen LogP contribution in [0, 0.1) is 16.7 Å². The second kappa shape index (κ2) is 5.51. The first-order valence-corrected chi connectivity index (χ1v) is 5.93. The molecule has 94 valence electrons. The van der Waals surface area contributed by atoms with Gasteiger partial charge in [0.15, 0.2) is 0 Å². The molecule has 1 unspecified atom stereocenters. The number of ether oxygens (including phenoxy) is 1. The fourth-order valence-corrected chi connectivity index (χ4v) is 1.81. The average Bonchev–Trinajstić information content (AvgIpc) is 2.10. The van der Waals surface area contributed by atoms with Crippen molar-refractivity contribution in [2.24, 2.45) is 16.7 Å². The number of hydrogen-bond donors (Lipinski definition) is 0. The molecule has 0 saturated heterocycles. The van der Waals surface area contributed by atoms with Crippen molar-refractivity contribution in [3.8, 4) is 0 Å². The molecule has 0 rings (SSSR count). The zero-order valence-electron chi connectivity index (χ0n) is 11.6. The van der Waals surface area contributed by atoms with E-state index in [1.54, 1.807) is 6.08 Å². The van der Waals surface area contributed by atoms with E-state index >= 15 is 0 Å². The summed E-state index contributed by atoms with van der Waals surface area (Å²) in [5, 5.41) is 0. The van der Waals surface area contributed by atoms with Gasteiger partial charge in [0.25, 0.3) is 0 Å². The summed E-state index contributed by atoms with van der Waals surface area (Å²) in [7, 11) is 0. The first-order valence-electron chi connectivity index (χ1n) is 5.93. The third-order valence-corrected chi connectivity index (χ3v) is 3.25. The summed E-state index contributed by atoms with van der Waals surface area (Å²) in [5.74, 6) is 0.356. The van der Waals surface area contributed by atoms with Crippen molar-refractivity contribution in [2.45, 2.75) is 48.0 Å². The number of hydrogen-bond acceptors (Lipinski definition) is 2. The Bertz CT molecular complexity index is 248. The Hall–Kier alpha value is -0.790. The maximum atomic E-state index is 12.1. The molecule has 16 heavy (non-hydrogen) atoms. The molecule has 0 aromatic rings. The smallest absolute Gasteiger partial charge is 0.312 e. The Morgan fingerprint density at radius 3 is 2.12 bits per heavy atom. The Labute approximate surface area is 100 Å². The van der Waals surface area contributed by atoms with Gasteiger partial charge in [0, 0.05) is 0 Å². The third-order valence-electron chi connectivity index (χ3n) is 3.25. The van der Waals surface area contributed by atoms with E-state index in [2.05, 4.69) is 41.2 Å². The van der Waals surface area contributed by atoms with Crippen LogP contribution >= 0.6 is 0 Å². The second-order valence-corrected chi connectivity index (χ2v) is 6.07. The van der Waals surface area contributed by atoms with Gasteiger partial charge in [-0.3, -0.25) is 4.79 Å². The highest BCUT2D eigenvalue weighted by molar-refractivity contribution is 5.77. The van der Waals surface area contributed by atoms with Crippen LogP contribution in [0.25, 0.3) is 0 Å². The van der Waals surface area contributed by atoms with E-state index in [-0.39, 0.29) is 11.4 Å². The van der Waals surface area contributed by atoms with Crippen LogP contribution in [0.3, 0.4) is 0 Å². The summed E-state index contributed by atoms with van der Waals surface area (Å²) in [6.45, 7) is 16.4. The molecule has 0 spiro atoms. The Kier molecular flexibility index (Phi) is 5.24. The van der Waals surface area contributed by atoms with Crippen molar-refractivity contribution in [1.29, 1.82) is 0 Å². The molecule has 2 heteroatoms. The molecule has 0 bridgehead atoms. The van der Waals surface area contributed by atoms with Crippen LogP contribution < -0.4 is 0 Å². The average molecular weight is 226 g/mol. The highest BCUT2D eigenvalue weighted by atomic mass is 16.5. The van der Waals surface area contributed by atoms with E-state index < -0.39 is 5.41 Å². The lowest BCUT2D eigenvalue weighted by atomic mass is 9.64. The zero-order valence-corrected chi connectivity index (χ0v) is 11.6. The largest absolute Gasteiger partial charge is 0.461 e. The first-order chi connectivity index (χ1) is 7.15. The Morgan fingerprint density at radius 2 is 1.81 bits per heavy atom. The fraction of sp³-hybridized carbons (Fsp3) is 0.786. The molecule has 0 heterocycles. The van der Waals surface area contributed by atoms with Crippen LogP contribution in [-0.4, -0.2) is 12.6 Å². The van der Waals surface area contributed by atoms with Crippen LogP contribution in [0.2, 0.25) is 0 Å². The molecule has 0 aromatic carbocycles. The van der Waals surface area contributed by atoms with Gasteiger partial charge < -0.3 is 4.74 Å². The summed E-state index contributed by atoms with van der Waals surface area (Å²) in [4.78, 5) is 12.1. The molecule has 0 aliphatic heterocycles. The summed E-state index contributed by atoms with van der Waals surface area (Å²) >= 11 is 0. The molecular weight excluding hydrogens is 200 g/mol. The van der Waals surface area contributed by atoms with Gasteiger partial charge in [-0.2, -0.15) is 0 Å². The topological polar surface area (TPSA) is 26.3 Å². The van der Waals surface area contributed by atoms with Gasteiger partial charge in [0.2, 0.25) is 0 Å². The van der Waals surface area contributed by atoms with E-state index in [0.717, 1.165) is 6.42 Å². The van der Waals surface area contributed by atoms with Crippen molar-refractivity contribution in [3.05, 3.63) is 12.7 Å². The molecule has 1 atom stereocenters. The minimum atomic E-state index is -0.440. The van der Waals surface area contributed by atoms with Gasteiger partial charge in [-0.25, -0.2) is 0 Å². The maximum absolute atomic E-state index is 12.1. The minimum absolute atomic E-state index is 0.102. The highest BCUT2D eigenvalue weighted by Crippen LogP contribution is 2.44. The van der Waals surface area contributed by atoms with E-state index in [9.17, 15) is 4.79 Å². The Balaban J connectivity index is 4.92. The van der Waals surface area contributed by atoms with Crippen LogP contribution in [-0.2, 0) is 9.53 Å². The lowest BCUT2D eigenvalue weighted by Gasteiger charge is -2.40. The van der Waals surface area contributed by atoms with E-state index in [4.69, 9.17) is 4.74 Å². The molecule has 0 aromatic heterocycles. The van der Waals surface area contributed by atoms with Gasteiger partial charge >= 0.3 is 5.97 Å². The van der Waals surface area contributed by atoms with Crippen LogP contribution in [0.15, 0.2) is 12.7 Å². The lowest BCUT2D eigenvalue weighted by Crippen LogP contribution is -2.42.